The molecule has 38 heavy (non-hydrogen) atoms. The van der Waals surface area contributed by atoms with Gasteiger partial charge in [0.05, 0.1) is 36.9 Å². The van der Waals surface area contributed by atoms with Crippen molar-refractivity contribution >= 4 is 12.0 Å². The topological polar surface area (TPSA) is 101 Å². The van der Waals surface area contributed by atoms with Crippen LogP contribution in [0.25, 0.3) is 6.08 Å². The van der Waals surface area contributed by atoms with Crippen LogP contribution >= 0.6 is 0 Å². The predicted octanol–water partition coefficient (Wildman–Crippen LogP) is 4.48. The number of fused-ring (bicyclic) bond motifs is 3. The highest BCUT2D eigenvalue weighted by atomic mass is 19.3. The lowest BCUT2D eigenvalue weighted by Crippen LogP contribution is -2.46. The lowest BCUT2D eigenvalue weighted by atomic mass is 9.82. The molecule has 1 N–H and O–H groups in total. The van der Waals surface area contributed by atoms with Gasteiger partial charge in [-0.3, -0.25) is 14.8 Å². The highest BCUT2D eigenvalue weighted by molar-refractivity contribution is 5.90. The lowest BCUT2D eigenvalue weighted by Gasteiger charge is -2.34. The third-order valence-corrected chi connectivity index (χ3v) is 6.97. The van der Waals surface area contributed by atoms with Crippen molar-refractivity contribution in [3.05, 3.63) is 71.8 Å². The number of hydrogen-bond acceptors (Lipinski definition) is 8. The van der Waals surface area contributed by atoms with E-state index in [2.05, 4.69) is 31.3 Å². The Morgan fingerprint density at radius 2 is 1.92 bits per heavy atom. The van der Waals surface area contributed by atoms with Crippen molar-refractivity contribution in [2.45, 2.75) is 37.2 Å². The van der Waals surface area contributed by atoms with Gasteiger partial charge in [0, 0.05) is 29.7 Å². The fraction of sp³-hybridized carbons (Fsp3) is 0.296. The molecule has 0 fully saturated rings. The van der Waals surface area contributed by atoms with Gasteiger partial charge in [0.25, 0.3) is 0 Å². The van der Waals surface area contributed by atoms with Gasteiger partial charge in [0.2, 0.25) is 5.91 Å². The summed E-state index contributed by atoms with van der Waals surface area (Å²) in [7, 11) is 1.56. The van der Waals surface area contributed by atoms with Crippen molar-refractivity contribution in [3.8, 4) is 28.7 Å². The molecule has 2 aromatic carbocycles. The van der Waals surface area contributed by atoms with Crippen molar-refractivity contribution in [2.75, 3.05) is 13.7 Å². The van der Waals surface area contributed by atoms with Crippen molar-refractivity contribution < 1.29 is 37.3 Å². The normalized spacial score (nSPS) is 23.9. The first-order valence-electron chi connectivity index (χ1n) is 11.9. The monoisotopic (exact) mass is 523 g/mol. The fourth-order valence-corrected chi connectivity index (χ4v) is 4.85. The van der Waals surface area contributed by atoms with Crippen LogP contribution in [0, 0.1) is 0 Å². The Morgan fingerprint density at radius 3 is 2.63 bits per heavy atom. The summed E-state index contributed by atoms with van der Waals surface area (Å²) >= 11 is 0. The van der Waals surface area contributed by atoms with E-state index in [4.69, 9.17) is 14.2 Å². The Labute approximate surface area is 216 Å². The van der Waals surface area contributed by atoms with Gasteiger partial charge in [-0.15, -0.1) is 8.78 Å². The number of hydrogen-bond donors (Lipinski definition) is 1. The van der Waals surface area contributed by atoms with Crippen LogP contribution in [0.1, 0.15) is 48.0 Å². The summed E-state index contributed by atoms with van der Waals surface area (Å²) in [6.45, 7) is 5.41. The molecule has 196 valence electrons. The van der Waals surface area contributed by atoms with Gasteiger partial charge in [-0.05, 0) is 31.2 Å². The number of nitrogens with zero attached hydrogens (tertiary/aromatic N) is 2. The summed E-state index contributed by atoms with van der Waals surface area (Å²) in [4.78, 5) is 22.5. The standard InChI is InChI=1S/C27H23F2N3O6/c1-4-14-11-31-19(12-30-14)22-9-18(16-6-5-15(34-3)7-20(16)36-22)32-25(33)26(2)13-35-21-10-24-23(8-17(21)26)37-27(28,29)38-24/h4-8,10-12,18,22H,1,9,13H2,2-3H3,(H,32,33)/t18-,22-,26?/m1/s1. The van der Waals surface area contributed by atoms with E-state index >= 15 is 0 Å². The molecule has 0 spiro atoms. The van der Waals surface area contributed by atoms with Crippen LogP contribution < -0.4 is 29.0 Å². The molecule has 0 radical (unpaired) electrons. The first kappa shape index (κ1) is 24.0. The molecule has 0 aliphatic carbocycles. The Bertz CT molecular complexity index is 1450. The zero-order valence-electron chi connectivity index (χ0n) is 20.5. The molecule has 6 rings (SSSR count). The molecule has 3 atom stereocenters. The van der Waals surface area contributed by atoms with Crippen molar-refractivity contribution in [1.82, 2.24) is 15.3 Å². The summed E-state index contributed by atoms with van der Waals surface area (Å²) in [6, 6.07) is 7.62. The van der Waals surface area contributed by atoms with E-state index in [1.54, 1.807) is 44.6 Å². The number of aromatic nitrogens is 2. The number of carbonyl (C=O) groups is 1. The van der Waals surface area contributed by atoms with E-state index < -0.39 is 23.9 Å². The largest absolute Gasteiger partial charge is 0.586 e. The number of ether oxygens (including phenoxy) is 5. The Morgan fingerprint density at radius 1 is 1.13 bits per heavy atom. The SMILES string of the molecule is C=Cc1cnc([C@H]2C[C@@H](NC(=O)C3(C)COc4cc5c(cc43)OC(F)(F)O5)c3ccc(OC)cc3O2)cn1. The second-order valence-electron chi connectivity index (χ2n) is 9.43. The van der Waals surface area contributed by atoms with E-state index in [1.807, 2.05) is 6.07 Å². The van der Waals surface area contributed by atoms with Crippen molar-refractivity contribution in [2.24, 2.45) is 0 Å². The second kappa shape index (κ2) is 8.57. The van der Waals surface area contributed by atoms with Gasteiger partial charge >= 0.3 is 6.29 Å². The number of methoxy groups -OCH3 is 1. The Kier molecular flexibility index (Phi) is 5.41. The summed E-state index contributed by atoms with van der Waals surface area (Å²) in [5.41, 5.74) is 1.25. The number of rotatable bonds is 5. The van der Waals surface area contributed by atoms with Gasteiger partial charge in [0.15, 0.2) is 11.5 Å². The molecule has 1 unspecified atom stereocenters. The summed E-state index contributed by atoms with van der Waals surface area (Å²) in [6.07, 6.45) is 0.920. The maximum absolute atomic E-state index is 13.8. The molecule has 3 aliphatic rings. The van der Waals surface area contributed by atoms with Gasteiger partial charge in [0.1, 0.15) is 35.4 Å². The number of alkyl halides is 2. The highest BCUT2D eigenvalue weighted by Gasteiger charge is 2.49. The zero-order chi connectivity index (χ0) is 26.7. The van der Waals surface area contributed by atoms with Crippen molar-refractivity contribution in [3.63, 3.8) is 0 Å². The van der Waals surface area contributed by atoms with Crippen LogP contribution in [0.2, 0.25) is 0 Å². The average molecular weight is 523 g/mol. The van der Waals surface area contributed by atoms with Gasteiger partial charge in [-0.2, -0.15) is 0 Å². The molecule has 0 saturated heterocycles. The van der Waals surface area contributed by atoms with Crippen LogP contribution in [0.5, 0.6) is 28.7 Å². The first-order chi connectivity index (χ1) is 18.2. The second-order valence-corrected chi connectivity index (χ2v) is 9.43. The molecule has 0 saturated carbocycles. The Hall–Kier alpha value is -4.41. The first-order valence-corrected chi connectivity index (χ1v) is 11.9. The molecule has 1 amide bonds. The number of nitrogens with one attached hydrogen (secondary N) is 1. The average Bonchev–Trinajstić information content (AvgIpc) is 3.41. The smallest absolute Gasteiger partial charge is 0.497 e. The third kappa shape index (κ3) is 3.94. The van der Waals surface area contributed by atoms with E-state index in [0.717, 1.165) is 5.56 Å². The molecular formula is C27H23F2N3O6. The molecular weight excluding hydrogens is 500 g/mol. The fourth-order valence-electron chi connectivity index (χ4n) is 4.85. The summed E-state index contributed by atoms with van der Waals surface area (Å²) in [5.74, 6) is 0.790. The number of amides is 1. The van der Waals surface area contributed by atoms with Crippen LogP contribution in [-0.4, -0.2) is 35.9 Å². The molecule has 11 heteroatoms. The maximum Gasteiger partial charge on any atom is 0.586 e. The molecule has 4 heterocycles. The molecule has 3 aliphatic heterocycles. The van der Waals surface area contributed by atoms with Gasteiger partial charge < -0.3 is 29.0 Å². The van der Waals surface area contributed by atoms with E-state index in [0.29, 0.717) is 34.9 Å². The number of benzene rings is 2. The molecule has 0 bridgehead atoms. The predicted molar refractivity (Wildman–Crippen MR) is 129 cm³/mol. The van der Waals surface area contributed by atoms with Crippen LogP contribution in [0.15, 0.2) is 49.3 Å². The Balaban J connectivity index is 1.31. The lowest BCUT2D eigenvalue weighted by molar-refractivity contribution is -0.286. The van der Waals surface area contributed by atoms with Gasteiger partial charge in [-0.25, -0.2) is 0 Å². The van der Waals surface area contributed by atoms with Crippen LogP contribution in [0.3, 0.4) is 0 Å². The molecule has 3 aromatic rings. The number of carbonyl (C=O) groups excluding carboxylic acids is 1. The quantitative estimate of drug-likeness (QED) is 0.523. The summed E-state index contributed by atoms with van der Waals surface area (Å²) < 4.78 is 53.6. The van der Waals surface area contributed by atoms with E-state index in [9.17, 15) is 13.6 Å². The maximum atomic E-state index is 13.8. The molecule has 9 nitrogen and oxygen atoms in total. The summed E-state index contributed by atoms with van der Waals surface area (Å²) in [5, 5.41) is 3.12. The minimum atomic E-state index is -3.77. The highest BCUT2D eigenvalue weighted by Crippen LogP contribution is 2.50. The van der Waals surface area contributed by atoms with Crippen LogP contribution in [-0.2, 0) is 10.2 Å². The minimum Gasteiger partial charge on any atom is -0.497 e. The van der Waals surface area contributed by atoms with Crippen molar-refractivity contribution in [1.29, 1.82) is 0 Å². The molecule has 1 aromatic heterocycles. The number of halogens is 2. The third-order valence-electron chi connectivity index (χ3n) is 6.97. The van der Waals surface area contributed by atoms with Crippen LogP contribution in [0.4, 0.5) is 8.78 Å². The van der Waals surface area contributed by atoms with Gasteiger partial charge in [-0.1, -0.05) is 6.58 Å². The van der Waals surface area contributed by atoms with E-state index in [-0.39, 0.29) is 29.8 Å². The zero-order valence-corrected chi connectivity index (χ0v) is 20.5. The van der Waals surface area contributed by atoms with E-state index in [1.165, 1.54) is 12.1 Å². The minimum absolute atomic E-state index is 0.0179.